The van der Waals surface area contributed by atoms with E-state index < -0.39 is 16.1 Å². The molecule has 1 aromatic carbocycles. The maximum atomic E-state index is 13.3. The number of benzene rings is 1. The number of nitriles is 1. The maximum Gasteiger partial charge on any atom is 0.243 e. The van der Waals surface area contributed by atoms with E-state index in [4.69, 9.17) is 11.6 Å². The number of likely N-dealkylation sites (tertiary alicyclic amines) is 1. The molecule has 1 amide bonds. The van der Waals surface area contributed by atoms with Gasteiger partial charge in [0.05, 0.1) is 5.02 Å². The number of carbonyl (C=O) groups is 1. The minimum absolute atomic E-state index is 0.0102. The molecule has 1 fully saturated rings. The second-order valence-electron chi connectivity index (χ2n) is 7.79. The number of hydrogen-bond donors (Lipinski definition) is 1. The quantitative estimate of drug-likeness (QED) is 0.681. The number of rotatable bonds is 7. The molecule has 1 N–H and O–H groups in total. The fourth-order valence-electron chi connectivity index (χ4n) is 3.93. The van der Waals surface area contributed by atoms with Crippen LogP contribution in [0.2, 0.25) is 5.02 Å². The molecule has 1 aliphatic rings. The first-order valence-electron chi connectivity index (χ1n) is 10.4. The summed E-state index contributed by atoms with van der Waals surface area (Å²) in [6.45, 7) is 3.25. The molecule has 9 heteroatoms. The Balaban J connectivity index is 1.87. The van der Waals surface area contributed by atoms with E-state index in [1.165, 1.54) is 6.07 Å². The largest absolute Gasteiger partial charge is 0.341 e. The van der Waals surface area contributed by atoms with Gasteiger partial charge in [0, 0.05) is 25.8 Å². The van der Waals surface area contributed by atoms with Crippen LogP contribution in [0.5, 0.6) is 0 Å². The van der Waals surface area contributed by atoms with Crippen LogP contribution in [0, 0.1) is 18.3 Å². The molecule has 2 aromatic rings. The van der Waals surface area contributed by atoms with E-state index in [-0.39, 0.29) is 22.2 Å². The molecule has 0 bridgehead atoms. The van der Waals surface area contributed by atoms with Crippen LogP contribution in [0.1, 0.15) is 43.4 Å². The standard InChI is InChI=1S/C22H27ClN4O3S/c1-17-8-6-10-19(23)21(17)31(29,30)25-20(11-15-26-14-7-9-18(26)16-24)22(28)27-12-4-2-3-5-13-27/h6-10,14,20,25H,2-5,11-13,15H2,1H3. The van der Waals surface area contributed by atoms with Crippen LogP contribution in [0.3, 0.4) is 0 Å². The van der Waals surface area contributed by atoms with Crippen molar-refractivity contribution in [1.29, 1.82) is 5.26 Å². The average molecular weight is 463 g/mol. The van der Waals surface area contributed by atoms with Gasteiger partial charge >= 0.3 is 0 Å². The molecule has 7 nitrogen and oxygen atoms in total. The number of nitrogens with one attached hydrogen (secondary N) is 1. The summed E-state index contributed by atoms with van der Waals surface area (Å²) in [6.07, 6.45) is 5.91. The summed E-state index contributed by atoms with van der Waals surface area (Å²) in [4.78, 5) is 15.1. The van der Waals surface area contributed by atoms with Gasteiger partial charge in [-0.3, -0.25) is 4.79 Å². The molecule has 1 unspecified atom stereocenters. The van der Waals surface area contributed by atoms with Crippen LogP contribution >= 0.6 is 11.6 Å². The molecule has 31 heavy (non-hydrogen) atoms. The van der Waals surface area contributed by atoms with Crippen molar-refractivity contribution >= 4 is 27.5 Å². The average Bonchev–Trinajstić information content (AvgIpc) is 3.01. The van der Waals surface area contributed by atoms with Crippen LogP contribution in [-0.4, -0.2) is 42.9 Å². The minimum Gasteiger partial charge on any atom is -0.341 e. The lowest BCUT2D eigenvalue weighted by atomic mass is 10.2. The van der Waals surface area contributed by atoms with Gasteiger partial charge in [0.1, 0.15) is 22.7 Å². The third-order valence-electron chi connectivity index (χ3n) is 5.55. The lowest BCUT2D eigenvalue weighted by molar-refractivity contribution is -0.133. The Morgan fingerprint density at radius 2 is 1.90 bits per heavy atom. The lowest BCUT2D eigenvalue weighted by Crippen LogP contribution is -2.49. The number of carbonyl (C=O) groups excluding carboxylic acids is 1. The summed E-state index contributed by atoms with van der Waals surface area (Å²) < 4.78 is 30.7. The Morgan fingerprint density at radius 3 is 2.55 bits per heavy atom. The Kier molecular flexibility index (Phi) is 7.76. The summed E-state index contributed by atoms with van der Waals surface area (Å²) in [5, 5.41) is 9.36. The number of hydrogen-bond acceptors (Lipinski definition) is 4. The van der Waals surface area contributed by atoms with Gasteiger partial charge in [0.2, 0.25) is 15.9 Å². The van der Waals surface area contributed by atoms with Crippen LogP contribution in [0.25, 0.3) is 0 Å². The molecule has 1 atom stereocenters. The summed E-state index contributed by atoms with van der Waals surface area (Å²) in [5.74, 6) is -0.235. The fourth-order valence-corrected chi connectivity index (χ4v) is 5.98. The van der Waals surface area contributed by atoms with Crippen molar-refractivity contribution in [3.63, 3.8) is 0 Å². The first kappa shape index (κ1) is 23.3. The second-order valence-corrected chi connectivity index (χ2v) is 9.84. The Morgan fingerprint density at radius 1 is 1.19 bits per heavy atom. The number of nitrogens with zero attached hydrogens (tertiary/aromatic N) is 3. The zero-order valence-corrected chi connectivity index (χ0v) is 19.1. The molecule has 0 aliphatic carbocycles. The van der Waals surface area contributed by atoms with Crippen LogP contribution < -0.4 is 4.72 Å². The molecule has 0 radical (unpaired) electrons. The third-order valence-corrected chi connectivity index (χ3v) is 7.65. The van der Waals surface area contributed by atoms with Crippen LogP contribution in [-0.2, 0) is 21.4 Å². The van der Waals surface area contributed by atoms with E-state index in [9.17, 15) is 18.5 Å². The van der Waals surface area contributed by atoms with Crippen molar-refractivity contribution in [3.05, 3.63) is 52.8 Å². The van der Waals surface area contributed by atoms with Gasteiger partial charge in [-0.2, -0.15) is 9.98 Å². The minimum atomic E-state index is -4.02. The number of aromatic nitrogens is 1. The summed E-state index contributed by atoms with van der Waals surface area (Å²) in [5.41, 5.74) is 0.976. The molecule has 1 aromatic heterocycles. The molecule has 2 heterocycles. The first-order valence-corrected chi connectivity index (χ1v) is 12.3. The van der Waals surface area contributed by atoms with Gasteiger partial charge in [0.25, 0.3) is 0 Å². The monoisotopic (exact) mass is 462 g/mol. The molecule has 3 rings (SSSR count). The molecule has 0 saturated carbocycles. The lowest BCUT2D eigenvalue weighted by Gasteiger charge is -2.27. The molecule has 1 aliphatic heterocycles. The zero-order chi connectivity index (χ0) is 22.4. The normalized spacial score (nSPS) is 15.8. The fraction of sp³-hybridized carbons (Fsp3) is 0.455. The number of aryl methyl sites for hydroxylation is 2. The highest BCUT2D eigenvalue weighted by molar-refractivity contribution is 7.89. The smallest absolute Gasteiger partial charge is 0.243 e. The van der Waals surface area contributed by atoms with E-state index in [2.05, 4.69) is 10.8 Å². The van der Waals surface area contributed by atoms with Gasteiger partial charge < -0.3 is 9.47 Å². The van der Waals surface area contributed by atoms with Gasteiger partial charge in [-0.1, -0.05) is 36.6 Å². The topological polar surface area (TPSA) is 95.2 Å². The SMILES string of the molecule is Cc1cccc(Cl)c1S(=O)(=O)NC(CCn1cccc1C#N)C(=O)N1CCCCCC1. The summed E-state index contributed by atoms with van der Waals surface area (Å²) in [6, 6.07) is 9.46. The van der Waals surface area contributed by atoms with Crippen molar-refractivity contribution in [1.82, 2.24) is 14.2 Å². The van der Waals surface area contributed by atoms with Gasteiger partial charge in [-0.05, 0) is 49.9 Å². The van der Waals surface area contributed by atoms with Crippen molar-refractivity contribution in [2.75, 3.05) is 13.1 Å². The summed E-state index contributed by atoms with van der Waals surface area (Å²) in [7, 11) is -4.02. The first-order chi connectivity index (χ1) is 14.8. The molecule has 0 spiro atoms. The predicted octanol–water partition coefficient (Wildman–Crippen LogP) is 3.46. The van der Waals surface area contributed by atoms with E-state index in [0.29, 0.717) is 30.9 Å². The van der Waals surface area contributed by atoms with Crippen molar-refractivity contribution in [2.24, 2.45) is 0 Å². The predicted molar refractivity (Wildman–Crippen MR) is 119 cm³/mol. The van der Waals surface area contributed by atoms with Crippen molar-refractivity contribution < 1.29 is 13.2 Å². The third kappa shape index (κ3) is 5.67. The molecular weight excluding hydrogens is 436 g/mol. The molecule has 166 valence electrons. The highest BCUT2D eigenvalue weighted by Gasteiger charge is 2.31. The highest BCUT2D eigenvalue weighted by Crippen LogP contribution is 2.25. The van der Waals surface area contributed by atoms with E-state index in [1.807, 2.05) is 0 Å². The van der Waals surface area contributed by atoms with Gasteiger partial charge in [-0.25, -0.2) is 8.42 Å². The summed E-state index contributed by atoms with van der Waals surface area (Å²) >= 11 is 6.19. The second kappa shape index (κ2) is 10.3. The van der Waals surface area contributed by atoms with E-state index in [0.717, 1.165) is 25.7 Å². The maximum absolute atomic E-state index is 13.3. The number of sulfonamides is 1. The van der Waals surface area contributed by atoms with Crippen molar-refractivity contribution in [2.45, 2.75) is 56.5 Å². The highest BCUT2D eigenvalue weighted by atomic mass is 35.5. The van der Waals surface area contributed by atoms with Crippen LogP contribution in [0.15, 0.2) is 41.4 Å². The Bertz CT molecular complexity index is 1050. The van der Waals surface area contributed by atoms with E-state index >= 15 is 0 Å². The number of halogens is 1. The Hall–Kier alpha value is -2.34. The number of amides is 1. The Labute approximate surface area is 188 Å². The van der Waals surface area contributed by atoms with Crippen LogP contribution in [0.4, 0.5) is 0 Å². The van der Waals surface area contributed by atoms with E-state index in [1.54, 1.807) is 46.9 Å². The van der Waals surface area contributed by atoms with Gasteiger partial charge in [-0.15, -0.1) is 0 Å². The van der Waals surface area contributed by atoms with Crippen molar-refractivity contribution in [3.8, 4) is 6.07 Å². The molecular formula is C22H27ClN4O3S. The van der Waals surface area contributed by atoms with Gasteiger partial charge in [0.15, 0.2) is 0 Å². The zero-order valence-electron chi connectivity index (χ0n) is 17.6. The molecule has 1 saturated heterocycles.